The van der Waals surface area contributed by atoms with Crippen LogP contribution in [0.15, 0.2) is 0 Å². The van der Waals surface area contributed by atoms with E-state index in [0.29, 0.717) is 12.5 Å². The fraction of sp³-hybridized carbons (Fsp3) is 1.00. The number of aliphatic hydroxyl groups is 1. The van der Waals surface area contributed by atoms with Gasteiger partial charge in [-0.2, -0.15) is 0 Å². The minimum atomic E-state index is 0.350. The summed E-state index contributed by atoms with van der Waals surface area (Å²) in [6, 6.07) is 0.803. The molecular formula is C14H27NO. The second kappa shape index (κ2) is 6.02. The molecule has 2 N–H and O–H groups in total. The van der Waals surface area contributed by atoms with Crippen molar-refractivity contribution in [2.75, 3.05) is 13.2 Å². The van der Waals surface area contributed by atoms with Crippen molar-refractivity contribution in [2.45, 2.75) is 57.9 Å². The van der Waals surface area contributed by atoms with Crippen molar-refractivity contribution in [2.24, 2.45) is 17.8 Å². The summed E-state index contributed by atoms with van der Waals surface area (Å²) in [4.78, 5) is 0. The molecule has 0 radical (unpaired) electrons. The highest BCUT2D eigenvalue weighted by molar-refractivity contribution is 4.94. The van der Waals surface area contributed by atoms with Gasteiger partial charge in [0.1, 0.15) is 0 Å². The van der Waals surface area contributed by atoms with E-state index < -0.39 is 0 Å². The fourth-order valence-corrected chi connectivity index (χ4v) is 3.75. The molecule has 4 atom stereocenters. The Hall–Kier alpha value is -0.0800. The molecule has 2 rings (SSSR count). The molecule has 2 bridgehead atoms. The third-order valence-electron chi connectivity index (χ3n) is 4.64. The van der Waals surface area contributed by atoms with Crippen molar-refractivity contribution < 1.29 is 5.11 Å². The number of rotatable bonds is 7. The van der Waals surface area contributed by atoms with Crippen LogP contribution in [0.25, 0.3) is 0 Å². The van der Waals surface area contributed by atoms with Crippen LogP contribution in [-0.2, 0) is 0 Å². The second-order valence-corrected chi connectivity index (χ2v) is 5.86. The van der Waals surface area contributed by atoms with Gasteiger partial charge in [0.2, 0.25) is 0 Å². The van der Waals surface area contributed by atoms with Crippen LogP contribution in [-0.4, -0.2) is 24.3 Å². The highest BCUT2D eigenvalue weighted by Crippen LogP contribution is 2.44. The van der Waals surface area contributed by atoms with Crippen molar-refractivity contribution in [3.8, 4) is 0 Å². The Bertz CT molecular complexity index is 201. The monoisotopic (exact) mass is 225 g/mol. The molecule has 2 heteroatoms. The summed E-state index contributed by atoms with van der Waals surface area (Å²) in [5.74, 6) is 2.69. The average Bonchev–Trinajstić information content (AvgIpc) is 2.88. The van der Waals surface area contributed by atoms with Gasteiger partial charge in [0.15, 0.2) is 0 Å². The van der Waals surface area contributed by atoms with E-state index in [4.69, 9.17) is 5.11 Å². The maximum absolute atomic E-state index is 9.03. The topological polar surface area (TPSA) is 32.3 Å². The van der Waals surface area contributed by atoms with Gasteiger partial charge in [0.25, 0.3) is 0 Å². The third-order valence-corrected chi connectivity index (χ3v) is 4.64. The van der Waals surface area contributed by atoms with Gasteiger partial charge in [-0.1, -0.05) is 19.8 Å². The largest absolute Gasteiger partial charge is 0.396 e. The molecule has 0 aromatic carbocycles. The number of hydrogen-bond acceptors (Lipinski definition) is 2. The van der Waals surface area contributed by atoms with E-state index in [2.05, 4.69) is 12.2 Å². The Morgan fingerprint density at radius 2 is 2.12 bits per heavy atom. The number of fused-ring (bicyclic) bond motifs is 2. The molecule has 0 aromatic heterocycles. The molecule has 2 fully saturated rings. The molecule has 2 aliphatic carbocycles. The maximum Gasteiger partial charge on any atom is 0.0434 e. The van der Waals surface area contributed by atoms with Crippen LogP contribution >= 0.6 is 0 Å². The lowest BCUT2D eigenvalue weighted by molar-refractivity contribution is 0.238. The van der Waals surface area contributed by atoms with Crippen molar-refractivity contribution in [1.82, 2.24) is 5.32 Å². The van der Waals surface area contributed by atoms with E-state index in [0.717, 1.165) is 30.8 Å². The summed E-state index contributed by atoms with van der Waals surface area (Å²) in [6.07, 6.45) is 9.32. The van der Waals surface area contributed by atoms with E-state index in [1.165, 1.54) is 38.5 Å². The molecule has 2 aliphatic rings. The predicted octanol–water partition coefficient (Wildman–Crippen LogP) is 2.56. The minimum Gasteiger partial charge on any atom is -0.396 e. The quantitative estimate of drug-likeness (QED) is 0.698. The number of hydrogen-bond donors (Lipinski definition) is 2. The minimum absolute atomic E-state index is 0.350. The zero-order valence-electron chi connectivity index (χ0n) is 10.6. The summed E-state index contributed by atoms with van der Waals surface area (Å²) in [5.41, 5.74) is 0. The maximum atomic E-state index is 9.03. The first-order chi connectivity index (χ1) is 7.83. The first-order valence-electron chi connectivity index (χ1n) is 7.17. The molecule has 16 heavy (non-hydrogen) atoms. The van der Waals surface area contributed by atoms with Gasteiger partial charge in [0.05, 0.1) is 0 Å². The van der Waals surface area contributed by atoms with Crippen molar-refractivity contribution >= 4 is 0 Å². The van der Waals surface area contributed by atoms with Crippen LogP contribution in [0.2, 0.25) is 0 Å². The Labute approximate surface area is 99.8 Å². The van der Waals surface area contributed by atoms with Gasteiger partial charge in [-0.3, -0.25) is 0 Å². The molecule has 2 saturated carbocycles. The summed E-state index contributed by atoms with van der Waals surface area (Å²) >= 11 is 0. The van der Waals surface area contributed by atoms with E-state index in [-0.39, 0.29) is 0 Å². The van der Waals surface area contributed by atoms with Crippen LogP contribution in [0.5, 0.6) is 0 Å². The van der Waals surface area contributed by atoms with Crippen molar-refractivity contribution in [3.05, 3.63) is 0 Å². The average molecular weight is 225 g/mol. The standard InChI is InChI=1S/C14H27NO/c1-2-3-11(6-7-16)10-15-14-9-12-4-5-13(14)8-12/h11-16H,2-10H2,1H3. The lowest BCUT2D eigenvalue weighted by Gasteiger charge is -2.25. The molecule has 0 saturated heterocycles. The van der Waals surface area contributed by atoms with E-state index in [9.17, 15) is 0 Å². The van der Waals surface area contributed by atoms with Gasteiger partial charge in [-0.15, -0.1) is 0 Å². The highest BCUT2D eigenvalue weighted by atomic mass is 16.3. The summed E-state index contributed by atoms with van der Waals surface area (Å²) < 4.78 is 0. The fourth-order valence-electron chi connectivity index (χ4n) is 3.75. The Balaban J connectivity index is 1.69. The van der Waals surface area contributed by atoms with Gasteiger partial charge in [-0.05, 0) is 56.4 Å². The lowest BCUT2D eigenvalue weighted by atomic mass is 9.94. The Kier molecular flexibility index (Phi) is 4.66. The molecule has 4 unspecified atom stereocenters. The molecule has 94 valence electrons. The number of nitrogens with one attached hydrogen (secondary N) is 1. The number of aliphatic hydroxyl groups excluding tert-OH is 1. The van der Waals surface area contributed by atoms with E-state index >= 15 is 0 Å². The molecular weight excluding hydrogens is 198 g/mol. The molecule has 0 spiro atoms. The molecule has 0 aliphatic heterocycles. The zero-order valence-corrected chi connectivity index (χ0v) is 10.6. The van der Waals surface area contributed by atoms with Gasteiger partial charge in [-0.25, -0.2) is 0 Å². The van der Waals surface area contributed by atoms with E-state index in [1.807, 2.05) is 0 Å². The van der Waals surface area contributed by atoms with Gasteiger partial charge in [0, 0.05) is 12.6 Å². The van der Waals surface area contributed by atoms with Crippen LogP contribution in [0.4, 0.5) is 0 Å². The molecule has 0 amide bonds. The predicted molar refractivity (Wildman–Crippen MR) is 67.3 cm³/mol. The Morgan fingerprint density at radius 3 is 2.69 bits per heavy atom. The summed E-state index contributed by atoms with van der Waals surface area (Å²) in [7, 11) is 0. The zero-order chi connectivity index (χ0) is 11.4. The first-order valence-corrected chi connectivity index (χ1v) is 7.17. The molecule has 2 nitrogen and oxygen atoms in total. The van der Waals surface area contributed by atoms with Crippen molar-refractivity contribution in [1.29, 1.82) is 0 Å². The second-order valence-electron chi connectivity index (χ2n) is 5.86. The first kappa shape index (κ1) is 12.4. The smallest absolute Gasteiger partial charge is 0.0434 e. The lowest BCUT2D eigenvalue weighted by Crippen LogP contribution is -2.37. The van der Waals surface area contributed by atoms with Crippen LogP contribution < -0.4 is 5.32 Å². The molecule has 0 heterocycles. The third kappa shape index (κ3) is 2.98. The van der Waals surface area contributed by atoms with Crippen LogP contribution in [0.1, 0.15) is 51.9 Å². The van der Waals surface area contributed by atoms with Crippen LogP contribution in [0.3, 0.4) is 0 Å². The molecule has 0 aromatic rings. The SMILES string of the molecule is CCCC(CCO)CNC1CC2CCC1C2. The summed E-state index contributed by atoms with van der Waals surface area (Å²) in [6.45, 7) is 3.72. The van der Waals surface area contributed by atoms with Gasteiger partial charge < -0.3 is 10.4 Å². The highest BCUT2D eigenvalue weighted by Gasteiger charge is 2.39. The van der Waals surface area contributed by atoms with Crippen LogP contribution in [0, 0.1) is 17.8 Å². The normalized spacial score (nSPS) is 34.5. The van der Waals surface area contributed by atoms with E-state index in [1.54, 1.807) is 0 Å². The van der Waals surface area contributed by atoms with Gasteiger partial charge >= 0.3 is 0 Å². The summed E-state index contributed by atoms with van der Waals surface area (Å²) in [5, 5.41) is 12.8. The Morgan fingerprint density at radius 1 is 1.25 bits per heavy atom. The van der Waals surface area contributed by atoms with Crippen molar-refractivity contribution in [3.63, 3.8) is 0 Å².